The fraction of sp³-hybridized carbons (Fsp3) is 0.375. The molecule has 2 heterocycles. The van der Waals surface area contributed by atoms with Crippen LogP contribution >= 0.6 is 0 Å². The number of benzene rings is 1. The zero-order chi connectivity index (χ0) is 18.0. The molecule has 1 aliphatic rings. The third-order valence-electron chi connectivity index (χ3n) is 3.96. The Kier molecular flexibility index (Phi) is 4.96. The van der Waals surface area contributed by atoms with E-state index in [4.69, 9.17) is 4.74 Å². The number of rotatable bonds is 4. The maximum absolute atomic E-state index is 13.8. The van der Waals surface area contributed by atoms with E-state index in [1.54, 1.807) is 19.2 Å². The fourth-order valence-corrected chi connectivity index (χ4v) is 4.30. The van der Waals surface area contributed by atoms with Crippen LogP contribution in [0.15, 0.2) is 35.4 Å². The summed E-state index contributed by atoms with van der Waals surface area (Å²) in [4.78, 5) is 7.22. The predicted octanol–water partition coefficient (Wildman–Crippen LogP) is 2.30. The van der Waals surface area contributed by atoms with Gasteiger partial charge in [-0.2, -0.15) is 9.29 Å². The molecule has 9 heteroatoms. The summed E-state index contributed by atoms with van der Waals surface area (Å²) >= 11 is 0. The maximum atomic E-state index is 13.8. The van der Waals surface area contributed by atoms with Gasteiger partial charge in [0.1, 0.15) is 23.6 Å². The lowest BCUT2D eigenvalue weighted by molar-refractivity contribution is 0.129. The van der Waals surface area contributed by atoms with Crippen molar-refractivity contribution >= 4 is 10.0 Å². The van der Waals surface area contributed by atoms with E-state index in [9.17, 15) is 17.2 Å². The Morgan fingerprint density at radius 1 is 1.16 bits per heavy atom. The molecule has 25 heavy (non-hydrogen) atoms. The maximum Gasteiger partial charge on any atom is 0.248 e. The number of nitrogens with zero attached hydrogens (tertiary/aromatic N) is 3. The van der Waals surface area contributed by atoms with E-state index in [1.165, 1.54) is 0 Å². The van der Waals surface area contributed by atoms with Crippen LogP contribution in [0.2, 0.25) is 0 Å². The smallest absolute Gasteiger partial charge is 0.248 e. The molecule has 0 spiro atoms. The summed E-state index contributed by atoms with van der Waals surface area (Å²) in [6.07, 6.45) is 2.17. The van der Waals surface area contributed by atoms with Gasteiger partial charge in [-0.25, -0.2) is 22.2 Å². The highest BCUT2D eigenvalue weighted by atomic mass is 32.2. The van der Waals surface area contributed by atoms with Crippen molar-refractivity contribution in [2.45, 2.75) is 30.8 Å². The van der Waals surface area contributed by atoms with Crippen LogP contribution in [0.25, 0.3) is 0 Å². The molecule has 1 aromatic heterocycles. The molecule has 0 bridgehead atoms. The van der Waals surface area contributed by atoms with Crippen LogP contribution in [0, 0.1) is 18.6 Å². The minimum absolute atomic E-state index is 0.116. The number of aromatic nitrogens is 2. The van der Waals surface area contributed by atoms with Crippen LogP contribution in [-0.2, 0) is 10.0 Å². The third-order valence-corrected chi connectivity index (χ3v) is 5.91. The first-order valence-corrected chi connectivity index (χ1v) is 9.22. The highest BCUT2D eigenvalue weighted by molar-refractivity contribution is 7.89. The molecule has 0 unspecified atom stereocenters. The molecule has 6 nitrogen and oxygen atoms in total. The van der Waals surface area contributed by atoms with Crippen LogP contribution in [0.3, 0.4) is 0 Å². The lowest BCUT2D eigenvalue weighted by Crippen LogP contribution is -2.42. The van der Waals surface area contributed by atoms with Gasteiger partial charge in [-0.05, 0) is 31.9 Å². The SMILES string of the molecule is Cc1nccc(OC2CCN(S(=O)(=O)c3c(F)cccc3F)CC2)n1. The van der Waals surface area contributed by atoms with Crippen LogP contribution < -0.4 is 4.74 Å². The Bertz CT molecular complexity index is 848. The first-order chi connectivity index (χ1) is 11.9. The average Bonchev–Trinajstić information content (AvgIpc) is 2.55. The van der Waals surface area contributed by atoms with Gasteiger partial charge in [0.25, 0.3) is 0 Å². The number of halogens is 2. The van der Waals surface area contributed by atoms with Crippen molar-refractivity contribution in [3.8, 4) is 5.88 Å². The van der Waals surface area contributed by atoms with E-state index in [-0.39, 0.29) is 19.2 Å². The minimum atomic E-state index is -4.22. The predicted molar refractivity (Wildman–Crippen MR) is 85.5 cm³/mol. The Labute approximate surface area is 144 Å². The summed E-state index contributed by atoms with van der Waals surface area (Å²) in [5, 5.41) is 0. The van der Waals surface area contributed by atoms with Crippen LogP contribution in [0.4, 0.5) is 8.78 Å². The van der Waals surface area contributed by atoms with Crippen molar-refractivity contribution in [1.82, 2.24) is 14.3 Å². The molecule has 1 saturated heterocycles. The second kappa shape index (κ2) is 7.01. The number of sulfonamides is 1. The zero-order valence-corrected chi connectivity index (χ0v) is 14.3. The summed E-state index contributed by atoms with van der Waals surface area (Å²) < 4.78 is 59.5. The summed E-state index contributed by atoms with van der Waals surface area (Å²) in [7, 11) is -4.22. The summed E-state index contributed by atoms with van der Waals surface area (Å²) in [6, 6.07) is 4.63. The fourth-order valence-electron chi connectivity index (χ4n) is 2.72. The number of ether oxygens (including phenoxy) is 1. The largest absolute Gasteiger partial charge is 0.474 e. The van der Waals surface area contributed by atoms with E-state index in [1.807, 2.05) is 0 Å². The van der Waals surface area contributed by atoms with E-state index < -0.39 is 26.6 Å². The van der Waals surface area contributed by atoms with E-state index in [0.29, 0.717) is 24.5 Å². The van der Waals surface area contributed by atoms with Gasteiger partial charge in [-0.15, -0.1) is 0 Å². The lowest BCUT2D eigenvalue weighted by Gasteiger charge is -2.31. The molecule has 3 rings (SSSR count). The standard InChI is InChI=1S/C16H17F2N3O3S/c1-11-19-8-5-15(20-11)24-12-6-9-21(10-7-12)25(22,23)16-13(17)3-2-4-14(16)18/h2-5,8,12H,6-7,9-10H2,1H3. The van der Waals surface area contributed by atoms with Gasteiger partial charge in [0, 0.05) is 25.4 Å². The molecule has 1 aliphatic heterocycles. The van der Waals surface area contributed by atoms with Gasteiger partial charge >= 0.3 is 0 Å². The highest BCUT2D eigenvalue weighted by Gasteiger charge is 2.34. The second-order valence-electron chi connectivity index (χ2n) is 5.71. The van der Waals surface area contributed by atoms with E-state index in [2.05, 4.69) is 9.97 Å². The zero-order valence-electron chi connectivity index (χ0n) is 13.5. The van der Waals surface area contributed by atoms with Crippen molar-refractivity contribution in [3.63, 3.8) is 0 Å². The van der Waals surface area contributed by atoms with Crippen molar-refractivity contribution in [3.05, 3.63) is 47.9 Å². The molecule has 1 fully saturated rings. The molecular weight excluding hydrogens is 352 g/mol. The molecular formula is C16H17F2N3O3S. The number of piperidine rings is 1. The molecule has 0 radical (unpaired) electrons. The number of hydrogen-bond acceptors (Lipinski definition) is 5. The van der Waals surface area contributed by atoms with Crippen molar-refractivity contribution < 1.29 is 21.9 Å². The number of hydrogen-bond donors (Lipinski definition) is 0. The van der Waals surface area contributed by atoms with E-state index >= 15 is 0 Å². The van der Waals surface area contributed by atoms with Crippen molar-refractivity contribution in [2.75, 3.05) is 13.1 Å². The van der Waals surface area contributed by atoms with Gasteiger partial charge in [-0.1, -0.05) is 6.07 Å². The molecule has 134 valence electrons. The van der Waals surface area contributed by atoms with Gasteiger partial charge < -0.3 is 4.74 Å². The Balaban J connectivity index is 1.69. The average molecular weight is 369 g/mol. The first-order valence-electron chi connectivity index (χ1n) is 7.78. The first kappa shape index (κ1) is 17.7. The van der Waals surface area contributed by atoms with Gasteiger partial charge in [0.2, 0.25) is 15.9 Å². The Hall–Kier alpha value is -2.13. The van der Waals surface area contributed by atoms with Crippen LogP contribution in [-0.4, -0.2) is 41.9 Å². The molecule has 0 aliphatic carbocycles. The van der Waals surface area contributed by atoms with Gasteiger partial charge in [0.05, 0.1) is 0 Å². The second-order valence-corrected chi connectivity index (χ2v) is 7.59. The lowest BCUT2D eigenvalue weighted by atomic mass is 10.1. The van der Waals surface area contributed by atoms with Gasteiger partial charge in [0.15, 0.2) is 4.90 Å². The molecule has 0 atom stereocenters. The third kappa shape index (κ3) is 3.77. The Morgan fingerprint density at radius 2 is 1.80 bits per heavy atom. The normalized spacial score (nSPS) is 16.8. The van der Waals surface area contributed by atoms with Crippen molar-refractivity contribution in [2.24, 2.45) is 0 Å². The molecule has 1 aromatic carbocycles. The quantitative estimate of drug-likeness (QED) is 0.827. The number of aryl methyl sites for hydroxylation is 1. The molecule has 0 amide bonds. The van der Waals surface area contributed by atoms with Gasteiger partial charge in [-0.3, -0.25) is 0 Å². The highest BCUT2D eigenvalue weighted by Crippen LogP contribution is 2.26. The monoisotopic (exact) mass is 369 g/mol. The molecule has 2 aromatic rings. The van der Waals surface area contributed by atoms with Crippen LogP contribution in [0.1, 0.15) is 18.7 Å². The van der Waals surface area contributed by atoms with E-state index in [0.717, 1.165) is 22.5 Å². The minimum Gasteiger partial charge on any atom is -0.474 e. The van der Waals surface area contributed by atoms with Crippen LogP contribution in [0.5, 0.6) is 5.88 Å². The summed E-state index contributed by atoms with van der Waals surface area (Å²) in [5.41, 5.74) is 0. The molecule has 0 saturated carbocycles. The Morgan fingerprint density at radius 3 is 2.40 bits per heavy atom. The summed E-state index contributed by atoms with van der Waals surface area (Å²) in [6.45, 7) is 1.97. The topological polar surface area (TPSA) is 72.4 Å². The van der Waals surface area contributed by atoms with Crippen molar-refractivity contribution in [1.29, 1.82) is 0 Å². The summed E-state index contributed by atoms with van der Waals surface area (Å²) in [5.74, 6) is -1.17. The molecule has 0 N–H and O–H groups in total.